The Morgan fingerprint density at radius 1 is 1.23 bits per heavy atom. The summed E-state index contributed by atoms with van der Waals surface area (Å²) in [6.07, 6.45) is 5.03. The Labute approximate surface area is 188 Å². The van der Waals surface area contributed by atoms with E-state index in [-0.39, 0.29) is 23.3 Å². The number of hydrogen-bond donors (Lipinski definition) is 1. The van der Waals surface area contributed by atoms with Crippen molar-refractivity contribution in [3.05, 3.63) is 23.8 Å². The van der Waals surface area contributed by atoms with Crippen LogP contribution in [0.5, 0.6) is 0 Å². The molecule has 1 saturated heterocycles. The molecule has 0 bridgehead atoms. The molecule has 0 unspecified atom stereocenters. The van der Waals surface area contributed by atoms with Gasteiger partial charge in [-0.1, -0.05) is 34.1 Å². The average molecular weight is 432 g/mol. The van der Waals surface area contributed by atoms with E-state index < -0.39 is 0 Å². The Bertz CT molecular complexity index is 734. The summed E-state index contributed by atoms with van der Waals surface area (Å²) in [4.78, 5) is 29.4. The molecule has 0 aromatic heterocycles. The Balaban J connectivity index is 2.25. The Morgan fingerprint density at radius 2 is 1.97 bits per heavy atom. The van der Waals surface area contributed by atoms with E-state index in [4.69, 9.17) is 4.74 Å². The van der Waals surface area contributed by atoms with Crippen molar-refractivity contribution < 1.29 is 14.3 Å². The fourth-order valence-electron chi connectivity index (χ4n) is 3.85. The molecule has 6 heteroatoms. The standard InChI is InChI=1S/C25H41N3O3/c1-7-8-11-23(29)26-20-12-13-22(27(5)6)19(15-20)17-28(18-21-10-9-14-31-21)24(30)16-25(2,3)4/h12-13,15,21H,7-11,14,16-18H2,1-6H3,(H,26,29)/t21-/m1/s1. The van der Waals surface area contributed by atoms with E-state index in [0.29, 0.717) is 25.9 Å². The minimum atomic E-state index is -0.0780. The number of ether oxygens (including phenoxy) is 1. The molecule has 1 aliphatic rings. The third-order valence-corrected chi connectivity index (χ3v) is 5.45. The van der Waals surface area contributed by atoms with Crippen LogP contribution in [0.2, 0.25) is 0 Å². The number of hydrogen-bond acceptors (Lipinski definition) is 4. The minimum absolute atomic E-state index is 0.0328. The quantitative estimate of drug-likeness (QED) is 0.577. The maximum Gasteiger partial charge on any atom is 0.224 e. The molecule has 0 aliphatic carbocycles. The van der Waals surface area contributed by atoms with E-state index in [0.717, 1.165) is 49.2 Å². The third-order valence-electron chi connectivity index (χ3n) is 5.45. The van der Waals surface area contributed by atoms with E-state index in [9.17, 15) is 9.59 Å². The van der Waals surface area contributed by atoms with Crippen LogP contribution in [0, 0.1) is 5.41 Å². The van der Waals surface area contributed by atoms with Crippen molar-refractivity contribution in [1.82, 2.24) is 4.90 Å². The molecular formula is C25H41N3O3. The van der Waals surface area contributed by atoms with Crippen LogP contribution in [0.25, 0.3) is 0 Å². The van der Waals surface area contributed by atoms with Gasteiger partial charge in [0.05, 0.1) is 6.10 Å². The summed E-state index contributed by atoms with van der Waals surface area (Å²) in [6, 6.07) is 5.96. The van der Waals surface area contributed by atoms with Crippen molar-refractivity contribution in [1.29, 1.82) is 0 Å². The van der Waals surface area contributed by atoms with Gasteiger partial charge in [0.2, 0.25) is 11.8 Å². The van der Waals surface area contributed by atoms with Crippen molar-refractivity contribution in [2.45, 2.75) is 78.9 Å². The fourth-order valence-corrected chi connectivity index (χ4v) is 3.85. The molecule has 31 heavy (non-hydrogen) atoms. The summed E-state index contributed by atoms with van der Waals surface area (Å²) in [7, 11) is 4.00. The molecule has 0 radical (unpaired) electrons. The van der Waals surface area contributed by atoms with Gasteiger partial charge < -0.3 is 19.9 Å². The monoisotopic (exact) mass is 431 g/mol. The second-order valence-electron chi connectivity index (χ2n) is 10.0. The number of nitrogens with zero attached hydrogens (tertiary/aromatic N) is 2. The zero-order valence-electron chi connectivity index (χ0n) is 20.3. The number of benzene rings is 1. The molecule has 1 fully saturated rings. The largest absolute Gasteiger partial charge is 0.377 e. The molecular weight excluding hydrogens is 390 g/mol. The van der Waals surface area contributed by atoms with Gasteiger partial charge in [-0.05, 0) is 48.4 Å². The first-order valence-corrected chi connectivity index (χ1v) is 11.6. The first-order chi connectivity index (χ1) is 14.6. The predicted octanol–water partition coefficient (Wildman–Crippen LogP) is 4.83. The number of carbonyl (C=O) groups is 2. The second-order valence-corrected chi connectivity index (χ2v) is 10.0. The van der Waals surface area contributed by atoms with Crippen LogP contribution < -0.4 is 10.2 Å². The lowest BCUT2D eigenvalue weighted by molar-refractivity contribution is -0.135. The van der Waals surface area contributed by atoms with Crippen molar-refractivity contribution in [3.63, 3.8) is 0 Å². The second kappa shape index (κ2) is 11.5. The smallest absolute Gasteiger partial charge is 0.224 e. The highest BCUT2D eigenvalue weighted by Gasteiger charge is 2.26. The number of rotatable bonds is 10. The van der Waals surface area contributed by atoms with Gasteiger partial charge in [0.25, 0.3) is 0 Å². The zero-order chi connectivity index (χ0) is 23.0. The first-order valence-electron chi connectivity index (χ1n) is 11.6. The number of anilines is 2. The molecule has 0 spiro atoms. The Morgan fingerprint density at radius 3 is 2.55 bits per heavy atom. The number of nitrogens with one attached hydrogen (secondary N) is 1. The molecule has 1 aliphatic heterocycles. The molecule has 1 aromatic rings. The Kier molecular flexibility index (Phi) is 9.35. The van der Waals surface area contributed by atoms with Gasteiger partial charge >= 0.3 is 0 Å². The van der Waals surface area contributed by atoms with E-state index >= 15 is 0 Å². The molecule has 2 rings (SSSR count). The van der Waals surface area contributed by atoms with Crippen molar-refractivity contribution >= 4 is 23.2 Å². The molecule has 1 N–H and O–H groups in total. The minimum Gasteiger partial charge on any atom is -0.377 e. The van der Waals surface area contributed by atoms with Gasteiger partial charge in [-0.25, -0.2) is 0 Å². The van der Waals surface area contributed by atoms with Crippen molar-refractivity contribution in [2.75, 3.05) is 37.5 Å². The summed E-state index contributed by atoms with van der Waals surface area (Å²) in [5, 5.41) is 3.01. The maximum atomic E-state index is 13.2. The molecule has 6 nitrogen and oxygen atoms in total. The average Bonchev–Trinajstić information content (AvgIpc) is 3.17. The molecule has 0 saturated carbocycles. The number of unbranched alkanes of at least 4 members (excludes halogenated alkanes) is 1. The summed E-state index contributed by atoms with van der Waals surface area (Å²) < 4.78 is 5.83. The van der Waals surface area contributed by atoms with Crippen LogP contribution in [0.1, 0.15) is 71.8 Å². The van der Waals surface area contributed by atoms with Gasteiger partial charge in [-0.15, -0.1) is 0 Å². The molecule has 1 atom stereocenters. The maximum absolute atomic E-state index is 13.2. The summed E-state index contributed by atoms with van der Waals surface area (Å²) in [6.45, 7) is 10.2. The van der Waals surface area contributed by atoms with Crippen LogP contribution >= 0.6 is 0 Å². The predicted molar refractivity (Wildman–Crippen MR) is 127 cm³/mol. The van der Waals surface area contributed by atoms with Gasteiger partial charge in [0.1, 0.15) is 0 Å². The SMILES string of the molecule is CCCCC(=O)Nc1ccc(N(C)C)c(CN(C[C@H]2CCCO2)C(=O)CC(C)(C)C)c1. The molecule has 2 amide bonds. The van der Waals surface area contributed by atoms with E-state index in [1.165, 1.54) is 0 Å². The van der Waals surface area contributed by atoms with Gasteiger partial charge in [-0.3, -0.25) is 9.59 Å². The van der Waals surface area contributed by atoms with Crippen molar-refractivity contribution in [2.24, 2.45) is 5.41 Å². The van der Waals surface area contributed by atoms with E-state index in [1.807, 2.05) is 37.2 Å². The van der Waals surface area contributed by atoms with Crippen LogP contribution in [-0.4, -0.2) is 50.1 Å². The lowest BCUT2D eigenvalue weighted by Gasteiger charge is -2.30. The highest BCUT2D eigenvalue weighted by molar-refractivity contribution is 5.91. The van der Waals surface area contributed by atoms with E-state index in [1.54, 1.807) is 0 Å². The number of amides is 2. The Hall–Kier alpha value is -2.08. The molecule has 174 valence electrons. The molecule has 1 aromatic carbocycles. The fraction of sp³-hybridized carbons (Fsp3) is 0.680. The number of carbonyl (C=O) groups excluding carboxylic acids is 2. The molecule has 1 heterocycles. The van der Waals surface area contributed by atoms with Crippen LogP contribution in [-0.2, 0) is 20.9 Å². The highest BCUT2D eigenvalue weighted by Crippen LogP contribution is 2.27. The normalized spacial score (nSPS) is 16.3. The topological polar surface area (TPSA) is 61.9 Å². The van der Waals surface area contributed by atoms with Crippen LogP contribution in [0.4, 0.5) is 11.4 Å². The summed E-state index contributed by atoms with van der Waals surface area (Å²) in [5.41, 5.74) is 2.78. The van der Waals surface area contributed by atoms with Crippen LogP contribution in [0.15, 0.2) is 18.2 Å². The van der Waals surface area contributed by atoms with E-state index in [2.05, 4.69) is 37.9 Å². The van der Waals surface area contributed by atoms with Crippen LogP contribution in [0.3, 0.4) is 0 Å². The van der Waals surface area contributed by atoms with Gasteiger partial charge in [0, 0.05) is 58.0 Å². The van der Waals surface area contributed by atoms with Gasteiger partial charge in [-0.2, -0.15) is 0 Å². The van der Waals surface area contributed by atoms with Gasteiger partial charge in [0.15, 0.2) is 0 Å². The summed E-state index contributed by atoms with van der Waals surface area (Å²) in [5.74, 6) is 0.176. The zero-order valence-corrected chi connectivity index (χ0v) is 20.3. The lowest BCUT2D eigenvalue weighted by atomic mass is 9.91. The third kappa shape index (κ3) is 8.52. The highest BCUT2D eigenvalue weighted by atomic mass is 16.5. The van der Waals surface area contributed by atoms with Crippen molar-refractivity contribution in [3.8, 4) is 0 Å². The lowest BCUT2D eigenvalue weighted by Crippen LogP contribution is -2.38. The first kappa shape index (κ1) is 25.2. The summed E-state index contributed by atoms with van der Waals surface area (Å²) >= 11 is 0.